The predicted octanol–water partition coefficient (Wildman–Crippen LogP) is 1.77. The predicted molar refractivity (Wildman–Crippen MR) is 63.4 cm³/mol. The summed E-state index contributed by atoms with van der Waals surface area (Å²) in [6.45, 7) is 2.09. The SMILES string of the molecule is CCCc1nc(C2(N)CCCC(OC)C2)no1. The van der Waals surface area contributed by atoms with Crippen LogP contribution >= 0.6 is 0 Å². The van der Waals surface area contributed by atoms with Crippen molar-refractivity contribution in [3.8, 4) is 0 Å². The fourth-order valence-corrected chi connectivity index (χ4v) is 2.43. The van der Waals surface area contributed by atoms with Gasteiger partial charge in [0, 0.05) is 13.5 Å². The summed E-state index contributed by atoms with van der Waals surface area (Å²) >= 11 is 0. The van der Waals surface area contributed by atoms with Gasteiger partial charge in [0.1, 0.15) is 0 Å². The molecule has 1 heterocycles. The van der Waals surface area contributed by atoms with Gasteiger partial charge >= 0.3 is 0 Å². The van der Waals surface area contributed by atoms with E-state index in [-0.39, 0.29) is 6.10 Å². The molecule has 0 amide bonds. The Hall–Kier alpha value is -0.940. The Balaban J connectivity index is 2.12. The van der Waals surface area contributed by atoms with Crippen molar-refractivity contribution in [2.75, 3.05) is 7.11 Å². The molecule has 1 aromatic heterocycles. The minimum atomic E-state index is -0.478. The molecule has 0 radical (unpaired) electrons. The lowest BCUT2D eigenvalue weighted by molar-refractivity contribution is 0.0379. The Morgan fingerprint density at radius 2 is 2.41 bits per heavy atom. The zero-order chi connectivity index (χ0) is 12.3. The number of hydrogen-bond acceptors (Lipinski definition) is 5. The van der Waals surface area contributed by atoms with Gasteiger partial charge in [-0.2, -0.15) is 4.98 Å². The average molecular weight is 239 g/mol. The molecule has 1 fully saturated rings. The molecule has 17 heavy (non-hydrogen) atoms. The number of nitrogens with zero attached hydrogens (tertiary/aromatic N) is 2. The molecule has 0 bridgehead atoms. The molecule has 5 heteroatoms. The van der Waals surface area contributed by atoms with Gasteiger partial charge in [-0.3, -0.25) is 0 Å². The molecular weight excluding hydrogens is 218 g/mol. The van der Waals surface area contributed by atoms with Crippen LogP contribution in [0.15, 0.2) is 4.52 Å². The second kappa shape index (κ2) is 5.14. The van der Waals surface area contributed by atoms with Gasteiger partial charge in [0.05, 0.1) is 11.6 Å². The highest BCUT2D eigenvalue weighted by Gasteiger charge is 2.38. The van der Waals surface area contributed by atoms with Crippen molar-refractivity contribution < 1.29 is 9.26 Å². The molecule has 2 unspecified atom stereocenters. The Morgan fingerprint density at radius 1 is 1.59 bits per heavy atom. The van der Waals surface area contributed by atoms with Crippen LogP contribution in [0.25, 0.3) is 0 Å². The van der Waals surface area contributed by atoms with Gasteiger partial charge in [0.2, 0.25) is 5.89 Å². The van der Waals surface area contributed by atoms with Gasteiger partial charge in [-0.25, -0.2) is 0 Å². The first-order valence-electron chi connectivity index (χ1n) is 6.32. The molecule has 2 N–H and O–H groups in total. The van der Waals surface area contributed by atoms with E-state index in [1.54, 1.807) is 7.11 Å². The van der Waals surface area contributed by atoms with Crippen LogP contribution in [0, 0.1) is 0 Å². The summed E-state index contributed by atoms with van der Waals surface area (Å²) in [5.41, 5.74) is 5.91. The Kier molecular flexibility index (Phi) is 3.79. The monoisotopic (exact) mass is 239 g/mol. The topological polar surface area (TPSA) is 74.2 Å². The third-order valence-corrected chi connectivity index (χ3v) is 3.45. The average Bonchev–Trinajstić information content (AvgIpc) is 2.79. The number of methoxy groups -OCH3 is 1. The van der Waals surface area contributed by atoms with Crippen molar-refractivity contribution >= 4 is 0 Å². The van der Waals surface area contributed by atoms with E-state index >= 15 is 0 Å². The van der Waals surface area contributed by atoms with E-state index < -0.39 is 5.54 Å². The summed E-state index contributed by atoms with van der Waals surface area (Å²) in [6.07, 6.45) is 5.81. The quantitative estimate of drug-likeness (QED) is 0.866. The molecule has 0 aromatic carbocycles. The number of aromatic nitrogens is 2. The minimum absolute atomic E-state index is 0.210. The Morgan fingerprint density at radius 3 is 3.12 bits per heavy atom. The van der Waals surface area contributed by atoms with Gasteiger partial charge < -0.3 is 15.0 Å². The molecule has 96 valence electrons. The van der Waals surface area contributed by atoms with Gasteiger partial charge in [0.15, 0.2) is 5.82 Å². The normalized spacial score (nSPS) is 29.5. The van der Waals surface area contributed by atoms with Gasteiger partial charge in [0.25, 0.3) is 0 Å². The lowest BCUT2D eigenvalue weighted by Gasteiger charge is -2.34. The van der Waals surface area contributed by atoms with E-state index in [1.807, 2.05) is 0 Å². The second-order valence-electron chi connectivity index (χ2n) is 4.87. The highest BCUT2D eigenvalue weighted by molar-refractivity contribution is 5.06. The first-order chi connectivity index (χ1) is 8.18. The number of hydrogen-bond donors (Lipinski definition) is 1. The summed E-state index contributed by atoms with van der Waals surface area (Å²) in [5.74, 6) is 1.33. The van der Waals surface area contributed by atoms with E-state index in [1.165, 1.54) is 0 Å². The largest absolute Gasteiger partial charge is 0.381 e. The maximum absolute atomic E-state index is 6.39. The Bertz CT molecular complexity index is 366. The van der Waals surface area contributed by atoms with Crippen LogP contribution in [0.2, 0.25) is 0 Å². The lowest BCUT2D eigenvalue weighted by atomic mass is 9.80. The first-order valence-corrected chi connectivity index (χ1v) is 6.32. The van der Waals surface area contributed by atoms with E-state index in [9.17, 15) is 0 Å². The molecule has 1 saturated carbocycles. The fraction of sp³-hybridized carbons (Fsp3) is 0.833. The highest BCUT2D eigenvalue weighted by Crippen LogP contribution is 2.34. The highest BCUT2D eigenvalue weighted by atomic mass is 16.5. The lowest BCUT2D eigenvalue weighted by Crippen LogP contribution is -2.44. The Labute approximate surface area is 102 Å². The number of nitrogens with two attached hydrogens (primary N) is 1. The third kappa shape index (κ3) is 2.66. The van der Waals surface area contributed by atoms with Gasteiger partial charge in [-0.05, 0) is 32.1 Å². The standard InChI is InChI=1S/C12H21N3O2/c1-3-5-10-14-11(15-17-10)12(13)7-4-6-9(8-12)16-2/h9H,3-8,13H2,1-2H3. The number of ether oxygens (including phenoxy) is 1. The zero-order valence-corrected chi connectivity index (χ0v) is 10.6. The summed E-state index contributed by atoms with van der Waals surface area (Å²) in [5, 5.41) is 4.03. The smallest absolute Gasteiger partial charge is 0.226 e. The number of rotatable bonds is 4. The molecule has 0 spiro atoms. The minimum Gasteiger partial charge on any atom is -0.381 e. The van der Waals surface area contributed by atoms with Crippen molar-refractivity contribution in [3.63, 3.8) is 0 Å². The summed E-state index contributed by atoms with van der Waals surface area (Å²) in [6, 6.07) is 0. The maximum atomic E-state index is 6.39. The summed E-state index contributed by atoms with van der Waals surface area (Å²) in [7, 11) is 1.73. The number of aryl methyl sites for hydroxylation is 1. The fourth-order valence-electron chi connectivity index (χ4n) is 2.43. The molecule has 0 saturated heterocycles. The van der Waals surface area contributed by atoms with Crippen LogP contribution in [0.4, 0.5) is 0 Å². The zero-order valence-electron chi connectivity index (χ0n) is 10.6. The van der Waals surface area contributed by atoms with Crippen molar-refractivity contribution in [1.29, 1.82) is 0 Å². The molecule has 2 rings (SSSR count). The van der Waals surface area contributed by atoms with Crippen LogP contribution in [0.3, 0.4) is 0 Å². The molecule has 1 aliphatic rings. The van der Waals surface area contributed by atoms with E-state index in [2.05, 4.69) is 17.1 Å². The van der Waals surface area contributed by atoms with Crippen molar-refractivity contribution in [2.24, 2.45) is 5.73 Å². The van der Waals surface area contributed by atoms with Crippen LogP contribution < -0.4 is 5.73 Å². The van der Waals surface area contributed by atoms with Crippen LogP contribution in [0.5, 0.6) is 0 Å². The van der Waals surface area contributed by atoms with Crippen molar-refractivity contribution in [1.82, 2.24) is 10.1 Å². The van der Waals surface area contributed by atoms with E-state index in [0.717, 1.165) is 38.5 Å². The van der Waals surface area contributed by atoms with E-state index in [0.29, 0.717) is 11.7 Å². The van der Waals surface area contributed by atoms with Crippen LogP contribution in [-0.2, 0) is 16.7 Å². The van der Waals surface area contributed by atoms with Gasteiger partial charge in [-0.1, -0.05) is 12.1 Å². The van der Waals surface area contributed by atoms with Gasteiger partial charge in [-0.15, -0.1) is 0 Å². The summed E-state index contributed by atoms with van der Waals surface area (Å²) in [4.78, 5) is 4.41. The molecule has 1 aromatic rings. The van der Waals surface area contributed by atoms with E-state index in [4.69, 9.17) is 15.0 Å². The molecule has 1 aliphatic carbocycles. The third-order valence-electron chi connectivity index (χ3n) is 3.45. The summed E-state index contributed by atoms with van der Waals surface area (Å²) < 4.78 is 10.6. The second-order valence-corrected chi connectivity index (χ2v) is 4.87. The molecular formula is C12H21N3O2. The molecule has 5 nitrogen and oxygen atoms in total. The van der Waals surface area contributed by atoms with Crippen LogP contribution in [-0.4, -0.2) is 23.4 Å². The van der Waals surface area contributed by atoms with Crippen molar-refractivity contribution in [2.45, 2.75) is 57.1 Å². The van der Waals surface area contributed by atoms with Crippen LogP contribution in [0.1, 0.15) is 50.7 Å². The maximum Gasteiger partial charge on any atom is 0.226 e. The molecule has 2 atom stereocenters. The van der Waals surface area contributed by atoms with Crippen molar-refractivity contribution in [3.05, 3.63) is 11.7 Å². The molecule has 0 aliphatic heterocycles. The first kappa shape index (κ1) is 12.5.